The Kier molecular flexibility index (Phi) is 5.31. The van der Waals surface area contributed by atoms with Crippen LogP contribution in [-0.2, 0) is 13.0 Å². The lowest BCUT2D eigenvalue weighted by Crippen LogP contribution is -2.35. The molecule has 0 amide bonds. The highest BCUT2D eigenvalue weighted by Crippen LogP contribution is 2.19. The van der Waals surface area contributed by atoms with Gasteiger partial charge in [0.15, 0.2) is 5.13 Å². The fraction of sp³-hybridized carbons (Fsp3) is 0.500. The lowest BCUT2D eigenvalue weighted by atomic mass is 10.1. The van der Waals surface area contributed by atoms with E-state index in [-0.39, 0.29) is 5.54 Å². The predicted molar refractivity (Wildman–Crippen MR) is 89.9 cm³/mol. The quantitative estimate of drug-likeness (QED) is 0.890. The van der Waals surface area contributed by atoms with Crippen LogP contribution < -0.4 is 10.2 Å². The molecule has 21 heavy (non-hydrogen) atoms. The van der Waals surface area contributed by atoms with Crippen LogP contribution in [-0.4, -0.2) is 29.1 Å². The van der Waals surface area contributed by atoms with E-state index >= 15 is 0 Å². The molecule has 0 bridgehead atoms. The summed E-state index contributed by atoms with van der Waals surface area (Å²) in [7, 11) is 2.09. The Morgan fingerprint density at radius 2 is 2.05 bits per heavy atom. The van der Waals surface area contributed by atoms with Crippen molar-refractivity contribution in [2.24, 2.45) is 0 Å². The Hall–Kier alpha value is -1.46. The van der Waals surface area contributed by atoms with Gasteiger partial charge in [-0.2, -0.15) is 0 Å². The fourth-order valence-electron chi connectivity index (χ4n) is 1.83. The van der Waals surface area contributed by atoms with Crippen LogP contribution in [0.4, 0.5) is 5.13 Å². The van der Waals surface area contributed by atoms with Gasteiger partial charge in [0.1, 0.15) is 0 Å². The molecular weight excluding hydrogens is 280 g/mol. The van der Waals surface area contributed by atoms with Crippen molar-refractivity contribution in [3.63, 3.8) is 0 Å². The van der Waals surface area contributed by atoms with Gasteiger partial charge >= 0.3 is 0 Å². The van der Waals surface area contributed by atoms with Gasteiger partial charge in [-0.15, -0.1) is 11.3 Å². The van der Waals surface area contributed by atoms with Crippen molar-refractivity contribution >= 4 is 16.5 Å². The zero-order chi connectivity index (χ0) is 15.3. The normalized spacial score (nSPS) is 11.6. The molecule has 0 unspecified atom stereocenters. The van der Waals surface area contributed by atoms with Crippen molar-refractivity contribution in [2.45, 2.75) is 39.3 Å². The second-order valence-electron chi connectivity index (χ2n) is 6.22. The van der Waals surface area contributed by atoms with Crippen molar-refractivity contribution in [1.82, 2.24) is 15.3 Å². The molecule has 0 saturated carbocycles. The largest absolute Gasteiger partial charge is 0.351 e. The van der Waals surface area contributed by atoms with E-state index in [1.54, 1.807) is 11.3 Å². The average molecular weight is 304 g/mol. The Labute approximate surface area is 131 Å². The van der Waals surface area contributed by atoms with E-state index in [2.05, 4.69) is 59.4 Å². The highest BCUT2D eigenvalue weighted by atomic mass is 32.1. The van der Waals surface area contributed by atoms with Gasteiger partial charge < -0.3 is 10.2 Å². The molecule has 114 valence electrons. The van der Waals surface area contributed by atoms with Crippen LogP contribution in [0.1, 0.15) is 32.2 Å². The molecule has 5 heteroatoms. The number of anilines is 1. The third kappa shape index (κ3) is 5.44. The van der Waals surface area contributed by atoms with Gasteiger partial charge in [0, 0.05) is 49.4 Å². The van der Waals surface area contributed by atoms with Gasteiger partial charge in [-0.25, -0.2) is 4.98 Å². The topological polar surface area (TPSA) is 41.1 Å². The minimum Gasteiger partial charge on any atom is -0.351 e. The zero-order valence-electron chi connectivity index (χ0n) is 13.3. The van der Waals surface area contributed by atoms with E-state index < -0.39 is 0 Å². The molecule has 0 aliphatic rings. The van der Waals surface area contributed by atoms with E-state index in [1.807, 2.05) is 18.3 Å². The maximum absolute atomic E-state index is 4.69. The summed E-state index contributed by atoms with van der Waals surface area (Å²) < 4.78 is 0. The Balaban J connectivity index is 1.85. The van der Waals surface area contributed by atoms with Crippen LogP contribution in [0.5, 0.6) is 0 Å². The van der Waals surface area contributed by atoms with Crippen molar-refractivity contribution in [2.75, 3.05) is 18.5 Å². The van der Waals surface area contributed by atoms with E-state index in [9.17, 15) is 0 Å². The molecule has 0 atom stereocenters. The van der Waals surface area contributed by atoms with Crippen LogP contribution in [0.3, 0.4) is 0 Å². The van der Waals surface area contributed by atoms with Crippen molar-refractivity contribution in [3.8, 4) is 0 Å². The number of hydrogen-bond acceptors (Lipinski definition) is 5. The van der Waals surface area contributed by atoms with Gasteiger partial charge in [0.2, 0.25) is 0 Å². The van der Waals surface area contributed by atoms with E-state index in [0.717, 1.165) is 36.0 Å². The third-order valence-corrected chi connectivity index (χ3v) is 4.10. The minimum atomic E-state index is 0.120. The molecule has 2 rings (SSSR count). The Bertz CT molecular complexity index is 545. The number of nitrogens with one attached hydrogen (secondary N) is 1. The van der Waals surface area contributed by atoms with Gasteiger partial charge in [0.25, 0.3) is 0 Å². The molecular formula is C16H24N4S. The third-order valence-electron chi connectivity index (χ3n) is 3.10. The summed E-state index contributed by atoms with van der Waals surface area (Å²) in [5.74, 6) is 0. The maximum Gasteiger partial charge on any atom is 0.185 e. The van der Waals surface area contributed by atoms with Crippen LogP contribution in [0, 0.1) is 0 Å². The molecule has 0 aliphatic heterocycles. The monoisotopic (exact) mass is 304 g/mol. The lowest BCUT2D eigenvalue weighted by molar-refractivity contribution is 0.422. The lowest BCUT2D eigenvalue weighted by Gasteiger charge is -2.19. The number of pyridine rings is 1. The number of thiazole rings is 1. The van der Waals surface area contributed by atoms with Crippen LogP contribution in [0.25, 0.3) is 0 Å². The van der Waals surface area contributed by atoms with Crippen molar-refractivity contribution in [1.29, 1.82) is 0 Å². The number of hydrogen-bond donors (Lipinski definition) is 1. The fourth-order valence-corrected chi connectivity index (χ4v) is 2.65. The molecule has 1 N–H and O–H groups in total. The van der Waals surface area contributed by atoms with Crippen LogP contribution >= 0.6 is 11.3 Å². The smallest absolute Gasteiger partial charge is 0.185 e. The molecule has 2 heterocycles. The zero-order valence-corrected chi connectivity index (χ0v) is 14.1. The van der Waals surface area contributed by atoms with Gasteiger partial charge in [0.05, 0.1) is 5.69 Å². The summed E-state index contributed by atoms with van der Waals surface area (Å²) in [5, 5.41) is 6.66. The minimum absolute atomic E-state index is 0.120. The Morgan fingerprint density at radius 3 is 2.71 bits per heavy atom. The first-order chi connectivity index (χ1) is 9.94. The van der Waals surface area contributed by atoms with Crippen LogP contribution in [0.15, 0.2) is 29.8 Å². The van der Waals surface area contributed by atoms with Crippen molar-refractivity contribution in [3.05, 3.63) is 41.2 Å². The summed E-state index contributed by atoms with van der Waals surface area (Å²) in [5.41, 5.74) is 2.35. The number of nitrogens with zero attached hydrogens (tertiary/aromatic N) is 3. The van der Waals surface area contributed by atoms with E-state index in [0.29, 0.717) is 0 Å². The summed E-state index contributed by atoms with van der Waals surface area (Å²) in [4.78, 5) is 11.2. The maximum atomic E-state index is 4.69. The summed E-state index contributed by atoms with van der Waals surface area (Å²) in [6.07, 6.45) is 2.78. The number of likely N-dealkylation sites (N-methyl/N-ethyl adjacent to an activating group) is 1. The predicted octanol–water partition coefficient (Wildman–Crippen LogP) is 3.11. The van der Waals surface area contributed by atoms with Gasteiger partial charge in [-0.1, -0.05) is 6.07 Å². The summed E-state index contributed by atoms with van der Waals surface area (Å²) in [6.45, 7) is 8.24. The van der Waals surface area contributed by atoms with Gasteiger partial charge in [-0.3, -0.25) is 4.98 Å². The molecule has 0 fully saturated rings. The van der Waals surface area contributed by atoms with Gasteiger partial charge in [-0.05, 0) is 32.9 Å². The SMILES string of the molecule is CN(CCc1ccccn1)c1nc(CNC(C)(C)C)cs1. The van der Waals surface area contributed by atoms with Crippen molar-refractivity contribution < 1.29 is 0 Å². The van der Waals surface area contributed by atoms with Crippen LogP contribution in [0.2, 0.25) is 0 Å². The number of aromatic nitrogens is 2. The molecule has 4 nitrogen and oxygen atoms in total. The molecule has 2 aromatic rings. The number of rotatable bonds is 6. The molecule has 0 aromatic carbocycles. The summed E-state index contributed by atoms with van der Waals surface area (Å²) >= 11 is 1.70. The van der Waals surface area contributed by atoms with E-state index in [4.69, 9.17) is 0 Å². The molecule has 2 aromatic heterocycles. The average Bonchev–Trinajstić information content (AvgIpc) is 2.92. The second-order valence-corrected chi connectivity index (χ2v) is 7.05. The first kappa shape index (κ1) is 15.9. The molecule has 0 aliphatic carbocycles. The first-order valence-corrected chi connectivity index (χ1v) is 8.12. The molecule has 0 saturated heterocycles. The first-order valence-electron chi connectivity index (χ1n) is 7.24. The highest BCUT2D eigenvalue weighted by molar-refractivity contribution is 7.13. The Morgan fingerprint density at radius 1 is 1.24 bits per heavy atom. The van der Waals surface area contributed by atoms with E-state index in [1.165, 1.54) is 0 Å². The summed E-state index contributed by atoms with van der Waals surface area (Å²) in [6, 6.07) is 6.04. The highest BCUT2D eigenvalue weighted by Gasteiger charge is 2.11. The molecule has 0 spiro atoms. The standard InChI is InChI=1S/C16H24N4S/c1-16(2,3)18-11-14-12-21-15(19-14)20(4)10-8-13-7-5-6-9-17-13/h5-7,9,12,18H,8,10-11H2,1-4H3. The molecule has 0 radical (unpaired) electrons. The second kappa shape index (κ2) is 7.00.